The number of aromatic nitrogens is 1. The summed E-state index contributed by atoms with van der Waals surface area (Å²) in [6, 6.07) is 14.6. The molecule has 2 rings (SSSR count). The average molecular weight is 258 g/mol. The fraction of sp³-hybridized carbons (Fsp3) is 0.267. The summed E-state index contributed by atoms with van der Waals surface area (Å²) >= 11 is 1.85. The third-order valence-corrected chi connectivity index (χ3v) is 3.77. The van der Waals surface area contributed by atoms with E-state index in [1.165, 1.54) is 10.5 Å². The Morgan fingerprint density at radius 2 is 1.94 bits per heavy atom. The van der Waals surface area contributed by atoms with Crippen LogP contribution in [-0.4, -0.2) is 10.7 Å². The molecule has 0 aliphatic carbocycles. The summed E-state index contributed by atoms with van der Waals surface area (Å²) in [5, 5.41) is 0. The summed E-state index contributed by atoms with van der Waals surface area (Å²) in [5.41, 5.74) is 8.16. The molecule has 1 atom stereocenters. The monoisotopic (exact) mass is 258 g/mol. The summed E-state index contributed by atoms with van der Waals surface area (Å²) in [7, 11) is 0. The minimum absolute atomic E-state index is 0.109. The Kier molecular flexibility index (Phi) is 4.79. The molecule has 0 saturated carbocycles. The maximum absolute atomic E-state index is 5.82. The molecule has 0 saturated heterocycles. The van der Waals surface area contributed by atoms with Crippen LogP contribution in [0.4, 0.5) is 0 Å². The second kappa shape index (κ2) is 6.57. The Bertz CT molecular complexity index is 466. The number of nitrogens with zero attached hydrogens (tertiary/aromatic N) is 1. The molecule has 0 fully saturated rings. The molecule has 94 valence electrons. The van der Waals surface area contributed by atoms with Crippen molar-refractivity contribution in [2.75, 3.05) is 5.75 Å². The number of hydrogen-bond donors (Lipinski definition) is 1. The molecule has 0 spiro atoms. The maximum Gasteiger partial charge on any atom is 0.0411 e. The molecule has 0 aliphatic heterocycles. The van der Waals surface area contributed by atoms with Crippen molar-refractivity contribution in [2.45, 2.75) is 24.3 Å². The van der Waals surface area contributed by atoms with Crippen LogP contribution in [0.25, 0.3) is 0 Å². The fourth-order valence-electron chi connectivity index (χ4n) is 1.69. The highest BCUT2D eigenvalue weighted by atomic mass is 32.2. The first-order chi connectivity index (χ1) is 8.75. The van der Waals surface area contributed by atoms with Crippen LogP contribution >= 0.6 is 11.8 Å². The van der Waals surface area contributed by atoms with Crippen molar-refractivity contribution in [1.82, 2.24) is 4.98 Å². The summed E-state index contributed by atoms with van der Waals surface area (Å²) in [4.78, 5) is 5.60. The number of nitrogens with two attached hydrogens (primary N) is 1. The summed E-state index contributed by atoms with van der Waals surface area (Å²) < 4.78 is 0. The molecule has 0 amide bonds. The second-order valence-corrected chi connectivity index (χ2v) is 5.45. The lowest BCUT2D eigenvalue weighted by atomic mass is 10.1. The number of benzene rings is 1. The molecule has 0 aliphatic rings. The van der Waals surface area contributed by atoms with E-state index < -0.39 is 0 Å². The van der Waals surface area contributed by atoms with Gasteiger partial charge in [-0.3, -0.25) is 4.98 Å². The zero-order chi connectivity index (χ0) is 12.8. The number of rotatable bonds is 5. The van der Waals surface area contributed by atoms with E-state index in [-0.39, 0.29) is 6.04 Å². The Hall–Kier alpha value is -1.32. The summed E-state index contributed by atoms with van der Waals surface area (Å²) in [5.74, 6) is 1.05. The highest BCUT2D eigenvalue weighted by Gasteiger charge is 2.00. The van der Waals surface area contributed by atoms with Crippen LogP contribution in [0.3, 0.4) is 0 Å². The van der Waals surface area contributed by atoms with Gasteiger partial charge in [0.05, 0.1) is 0 Å². The van der Waals surface area contributed by atoms with Gasteiger partial charge in [0.1, 0.15) is 0 Å². The average Bonchev–Trinajstić information content (AvgIpc) is 2.40. The number of aryl methyl sites for hydroxylation is 1. The standard InChI is InChI=1S/C15H18N2S/c1-12(16)13-5-7-15(8-6-13)18-11-9-14-4-2-3-10-17-14/h2-8,10,12H,9,11,16H2,1H3. The van der Waals surface area contributed by atoms with Crippen molar-refractivity contribution >= 4 is 11.8 Å². The van der Waals surface area contributed by atoms with E-state index in [9.17, 15) is 0 Å². The summed E-state index contributed by atoms with van der Waals surface area (Å²) in [6.07, 6.45) is 2.85. The lowest BCUT2D eigenvalue weighted by Crippen LogP contribution is -2.04. The maximum atomic E-state index is 5.82. The molecule has 1 aromatic heterocycles. The van der Waals surface area contributed by atoms with Gasteiger partial charge in [-0.2, -0.15) is 0 Å². The van der Waals surface area contributed by atoms with Crippen LogP contribution in [0.2, 0.25) is 0 Å². The van der Waals surface area contributed by atoms with E-state index in [1.807, 2.05) is 37.0 Å². The lowest BCUT2D eigenvalue weighted by molar-refractivity contribution is 0.817. The molecule has 0 radical (unpaired) electrons. The van der Waals surface area contributed by atoms with Crippen LogP contribution in [0.1, 0.15) is 24.2 Å². The predicted octanol–water partition coefficient (Wildman–Crippen LogP) is 3.44. The third-order valence-electron chi connectivity index (χ3n) is 2.76. The van der Waals surface area contributed by atoms with Gasteiger partial charge in [0.25, 0.3) is 0 Å². The molecule has 3 heteroatoms. The fourth-order valence-corrected chi connectivity index (χ4v) is 2.56. The SMILES string of the molecule is CC(N)c1ccc(SCCc2ccccn2)cc1. The summed E-state index contributed by atoms with van der Waals surface area (Å²) in [6.45, 7) is 2.00. The Morgan fingerprint density at radius 3 is 2.56 bits per heavy atom. The van der Waals surface area contributed by atoms with Crippen molar-refractivity contribution in [1.29, 1.82) is 0 Å². The van der Waals surface area contributed by atoms with Gasteiger partial charge in [0.2, 0.25) is 0 Å². The largest absolute Gasteiger partial charge is 0.324 e. The Balaban J connectivity index is 1.83. The van der Waals surface area contributed by atoms with Crippen LogP contribution in [0.5, 0.6) is 0 Å². The van der Waals surface area contributed by atoms with Crippen LogP contribution in [0.15, 0.2) is 53.6 Å². The van der Waals surface area contributed by atoms with Crippen molar-refractivity contribution in [3.05, 3.63) is 59.9 Å². The van der Waals surface area contributed by atoms with Gasteiger partial charge in [-0.15, -0.1) is 11.8 Å². The molecule has 1 unspecified atom stereocenters. The van der Waals surface area contributed by atoms with Gasteiger partial charge in [0.15, 0.2) is 0 Å². The topological polar surface area (TPSA) is 38.9 Å². The molecule has 2 aromatic rings. The van der Waals surface area contributed by atoms with Crippen molar-refractivity contribution in [3.63, 3.8) is 0 Å². The zero-order valence-electron chi connectivity index (χ0n) is 10.5. The lowest BCUT2D eigenvalue weighted by Gasteiger charge is -2.06. The van der Waals surface area contributed by atoms with Gasteiger partial charge in [-0.1, -0.05) is 18.2 Å². The highest BCUT2D eigenvalue weighted by Crippen LogP contribution is 2.21. The minimum atomic E-state index is 0.109. The predicted molar refractivity (Wildman–Crippen MR) is 77.7 cm³/mol. The molecule has 1 heterocycles. The smallest absolute Gasteiger partial charge is 0.0411 e. The van der Waals surface area contributed by atoms with Gasteiger partial charge in [-0.25, -0.2) is 0 Å². The normalized spacial score (nSPS) is 12.3. The molecular weight excluding hydrogens is 240 g/mol. The van der Waals surface area contributed by atoms with E-state index in [2.05, 4.69) is 35.3 Å². The van der Waals surface area contributed by atoms with E-state index in [1.54, 1.807) is 0 Å². The van der Waals surface area contributed by atoms with Crippen LogP contribution in [0, 0.1) is 0 Å². The third kappa shape index (κ3) is 3.86. The van der Waals surface area contributed by atoms with Crippen LogP contribution in [-0.2, 0) is 6.42 Å². The molecule has 1 aromatic carbocycles. The highest BCUT2D eigenvalue weighted by molar-refractivity contribution is 7.99. The van der Waals surface area contributed by atoms with E-state index in [4.69, 9.17) is 5.73 Å². The van der Waals surface area contributed by atoms with E-state index in [0.717, 1.165) is 17.9 Å². The van der Waals surface area contributed by atoms with Crippen molar-refractivity contribution in [2.24, 2.45) is 5.73 Å². The number of thioether (sulfide) groups is 1. The quantitative estimate of drug-likeness (QED) is 0.835. The first kappa shape index (κ1) is 13.1. The van der Waals surface area contributed by atoms with Gasteiger partial charge in [0, 0.05) is 28.6 Å². The molecule has 0 bridgehead atoms. The minimum Gasteiger partial charge on any atom is -0.324 e. The second-order valence-electron chi connectivity index (χ2n) is 4.28. The number of hydrogen-bond acceptors (Lipinski definition) is 3. The van der Waals surface area contributed by atoms with Crippen LogP contribution < -0.4 is 5.73 Å². The first-order valence-corrected chi connectivity index (χ1v) is 7.12. The van der Waals surface area contributed by atoms with Gasteiger partial charge >= 0.3 is 0 Å². The Labute approximate surface area is 113 Å². The van der Waals surface area contributed by atoms with E-state index in [0.29, 0.717) is 0 Å². The Morgan fingerprint density at radius 1 is 1.17 bits per heavy atom. The molecule has 18 heavy (non-hydrogen) atoms. The van der Waals surface area contributed by atoms with Crippen molar-refractivity contribution in [3.8, 4) is 0 Å². The molecule has 2 nitrogen and oxygen atoms in total. The van der Waals surface area contributed by atoms with Crippen molar-refractivity contribution < 1.29 is 0 Å². The number of pyridine rings is 1. The molecular formula is C15H18N2S. The van der Waals surface area contributed by atoms with Gasteiger partial charge in [-0.05, 0) is 43.2 Å². The zero-order valence-corrected chi connectivity index (χ0v) is 11.4. The van der Waals surface area contributed by atoms with Gasteiger partial charge < -0.3 is 5.73 Å². The van der Waals surface area contributed by atoms with E-state index >= 15 is 0 Å². The molecule has 2 N–H and O–H groups in total. The first-order valence-electron chi connectivity index (χ1n) is 6.14.